The number of rotatable bonds is 4. The van der Waals surface area contributed by atoms with Crippen molar-refractivity contribution in [2.24, 2.45) is 0 Å². The van der Waals surface area contributed by atoms with E-state index >= 15 is 0 Å². The molecule has 0 amide bonds. The summed E-state index contributed by atoms with van der Waals surface area (Å²) in [6.07, 6.45) is 8.18. The fraction of sp³-hybridized carbons (Fsp3) is 0.0204. The highest BCUT2D eigenvalue weighted by Crippen LogP contribution is 2.37. The average molecular weight is 692 g/mol. The van der Waals surface area contributed by atoms with Crippen LogP contribution in [0.5, 0.6) is 0 Å². The summed E-state index contributed by atoms with van der Waals surface area (Å²) < 4.78 is 6.96. The Bertz CT molecular complexity index is 3390. The molecule has 5 heteroatoms. The first-order chi connectivity index (χ1) is 26.8. The molecule has 0 spiro atoms. The minimum atomic E-state index is 0.672. The fourth-order valence-corrected chi connectivity index (χ4v) is 8.59. The van der Waals surface area contributed by atoms with Crippen molar-refractivity contribution < 1.29 is 0 Å². The zero-order chi connectivity index (χ0) is 35.8. The van der Waals surface area contributed by atoms with Gasteiger partial charge in [-0.2, -0.15) is 0 Å². The summed E-state index contributed by atoms with van der Waals surface area (Å²) in [5, 5.41) is 10.8. The van der Waals surface area contributed by atoms with Gasteiger partial charge in [0.1, 0.15) is 0 Å². The van der Waals surface area contributed by atoms with E-state index in [0.717, 1.165) is 11.0 Å². The van der Waals surface area contributed by atoms with E-state index in [0.29, 0.717) is 5.95 Å². The van der Waals surface area contributed by atoms with Crippen molar-refractivity contribution >= 4 is 77.6 Å². The van der Waals surface area contributed by atoms with Gasteiger partial charge in [-0.15, -0.1) is 0 Å². The van der Waals surface area contributed by atoms with Gasteiger partial charge >= 0.3 is 0 Å². The molecule has 11 rings (SSSR count). The average Bonchev–Trinajstić information content (AvgIpc) is 3.86. The summed E-state index contributed by atoms with van der Waals surface area (Å²) in [4.78, 5) is 9.19. The molecule has 0 saturated heterocycles. The van der Waals surface area contributed by atoms with Gasteiger partial charge in [-0.05, 0) is 78.0 Å². The molecule has 254 valence electrons. The third kappa shape index (κ3) is 4.45. The predicted octanol–water partition coefficient (Wildman–Crippen LogP) is 10.5. The predicted molar refractivity (Wildman–Crippen MR) is 225 cm³/mol. The Balaban J connectivity index is 1.13. The van der Waals surface area contributed by atoms with E-state index in [1.54, 1.807) is 12.4 Å². The first-order valence-electron chi connectivity index (χ1n) is 18.4. The van der Waals surface area contributed by atoms with E-state index in [-0.39, 0.29) is 0 Å². The molecule has 54 heavy (non-hydrogen) atoms. The van der Waals surface area contributed by atoms with Crippen LogP contribution in [0.3, 0.4) is 0 Å². The van der Waals surface area contributed by atoms with Gasteiger partial charge in [-0.1, -0.05) is 109 Å². The Hall–Kier alpha value is -7.24. The largest absolute Gasteiger partial charge is 0.315 e. The van der Waals surface area contributed by atoms with Crippen LogP contribution in [0, 0.1) is 0 Å². The van der Waals surface area contributed by atoms with Crippen molar-refractivity contribution in [3.05, 3.63) is 181 Å². The molecule has 4 aromatic heterocycles. The highest BCUT2D eigenvalue weighted by molar-refractivity contribution is 6.12. The van der Waals surface area contributed by atoms with E-state index in [4.69, 9.17) is 0 Å². The number of fused-ring (bicyclic) bond motifs is 8. The monoisotopic (exact) mass is 691 g/mol. The lowest BCUT2D eigenvalue weighted by atomic mass is 10.0. The van der Waals surface area contributed by atoms with Crippen LogP contribution in [0.1, 0.15) is 6.92 Å². The van der Waals surface area contributed by atoms with Crippen LogP contribution in [0.15, 0.2) is 170 Å². The number of benzene rings is 7. The maximum atomic E-state index is 4.60. The molecule has 0 fully saturated rings. The maximum Gasteiger partial charge on any atom is 0.234 e. The lowest BCUT2D eigenvalue weighted by Crippen LogP contribution is -2.29. The summed E-state index contributed by atoms with van der Waals surface area (Å²) in [7, 11) is 0. The topological polar surface area (TPSA) is 40.6 Å². The van der Waals surface area contributed by atoms with Crippen molar-refractivity contribution in [3.63, 3.8) is 0 Å². The fourth-order valence-electron chi connectivity index (χ4n) is 8.59. The number of para-hydroxylation sites is 3. The SMILES string of the molecule is C/C=c1\c(=C\n2c3ccccc3c3cc(-c4ccc5c(c4)c4ccccc4n5-c4ncccn4)ccc32)c2ccccc2n1-c1cccc2ccccc12. The number of aromatic nitrogens is 5. The Morgan fingerprint density at radius 3 is 1.72 bits per heavy atom. The van der Waals surface area contributed by atoms with Crippen LogP contribution in [0.2, 0.25) is 0 Å². The molecule has 0 bridgehead atoms. The molecule has 0 aliphatic carbocycles. The van der Waals surface area contributed by atoms with Crippen LogP contribution in [0.25, 0.3) is 100 Å². The van der Waals surface area contributed by atoms with E-state index in [9.17, 15) is 0 Å². The summed E-state index contributed by atoms with van der Waals surface area (Å²) >= 11 is 0. The molecule has 0 aliphatic heterocycles. The number of hydrogen-bond donors (Lipinski definition) is 0. The van der Waals surface area contributed by atoms with E-state index in [1.807, 2.05) is 6.07 Å². The van der Waals surface area contributed by atoms with Gasteiger partial charge in [-0.3, -0.25) is 4.57 Å². The number of hydrogen-bond acceptors (Lipinski definition) is 2. The smallest absolute Gasteiger partial charge is 0.234 e. The van der Waals surface area contributed by atoms with E-state index < -0.39 is 0 Å². The third-order valence-electron chi connectivity index (χ3n) is 11.0. The minimum Gasteiger partial charge on any atom is -0.315 e. The second-order valence-corrected chi connectivity index (χ2v) is 13.8. The lowest BCUT2D eigenvalue weighted by molar-refractivity contribution is 0.988. The van der Waals surface area contributed by atoms with Gasteiger partial charge in [0.25, 0.3) is 0 Å². The second kappa shape index (κ2) is 11.9. The van der Waals surface area contributed by atoms with Crippen LogP contribution in [-0.4, -0.2) is 23.7 Å². The van der Waals surface area contributed by atoms with E-state index in [1.165, 1.54) is 81.6 Å². The van der Waals surface area contributed by atoms with E-state index in [2.05, 4.69) is 195 Å². The first kappa shape index (κ1) is 30.4. The quantitative estimate of drug-likeness (QED) is 0.184. The minimum absolute atomic E-state index is 0.672. The summed E-state index contributed by atoms with van der Waals surface area (Å²) in [6, 6.07) is 56.8. The standard InChI is InChI=1S/C49H33N5/c1-2-42-41(38-18-7-9-20-46(38)53(42)45-22-11-14-32-13-3-4-15-35(32)45)31-52-43-19-8-5-16-36(43)39-29-33(23-25-44(39)52)34-24-26-48-40(30-34)37-17-6-10-21-47(37)54(48)49-50-27-12-28-51-49/h2-31H,1H3/b41-31+,42-2+. The molecule has 0 aliphatic rings. The molecular weight excluding hydrogens is 659 g/mol. The van der Waals surface area contributed by atoms with Crippen LogP contribution >= 0.6 is 0 Å². The molecule has 0 radical (unpaired) electrons. The zero-order valence-electron chi connectivity index (χ0n) is 29.6. The first-order valence-corrected chi connectivity index (χ1v) is 18.4. The molecule has 11 aromatic rings. The molecule has 0 unspecified atom stereocenters. The van der Waals surface area contributed by atoms with Gasteiger partial charge in [0.05, 0.1) is 38.6 Å². The van der Waals surface area contributed by atoms with Gasteiger partial charge in [0.2, 0.25) is 5.95 Å². The van der Waals surface area contributed by atoms with Crippen LogP contribution in [0.4, 0.5) is 0 Å². The highest BCUT2D eigenvalue weighted by atomic mass is 15.1. The normalized spacial score (nSPS) is 12.8. The molecule has 0 saturated carbocycles. The van der Waals surface area contributed by atoms with Crippen LogP contribution in [-0.2, 0) is 0 Å². The lowest BCUT2D eigenvalue weighted by Gasteiger charge is -2.10. The molecule has 7 aromatic carbocycles. The zero-order valence-corrected chi connectivity index (χ0v) is 29.6. The number of nitrogens with zero attached hydrogens (tertiary/aromatic N) is 5. The third-order valence-corrected chi connectivity index (χ3v) is 11.0. The maximum absolute atomic E-state index is 4.60. The Labute approximate surface area is 310 Å². The molecular formula is C49H33N5. The van der Waals surface area contributed by atoms with Crippen LogP contribution < -0.4 is 10.6 Å². The van der Waals surface area contributed by atoms with Crippen molar-refractivity contribution in [1.82, 2.24) is 23.7 Å². The van der Waals surface area contributed by atoms with Gasteiger partial charge in [-0.25, -0.2) is 9.97 Å². The summed E-state index contributed by atoms with van der Waals surface area (Å²) in [6.45, 7) is 2.15. The Kier molecular flexibility index (Phi) is 6.70. The van der Waals surface area contributed by atoms with Crippen molar-refractivity contribution in [3.8, 4) is 22.8 Å². The van der Waals surface area contributed by atoms with Gasteiger partial charge in [0.15, 0.2) is 0 Å². The van der Waals surface area contributed by atoms with Crippen molar-refractivity contribution in [2.45, 2.75) is 6.92 Å². The van der Waals surface area contributed by atoms with Crippen molar-refractivity contribution in [1.29, 1.82) is 0 Å². The molecule has 0 atom stereocenters. The molecule has 0 N–H and O–H groups in total. The van der Waals surface area contributed by atoms with Gasteiger partial charge in [0, 0.05) is 56.1 Å². The Morgan fingerprint density at radius 2 is 0.981 bits per heavy atom. The molecule has 4 heterocycles. The molecule has 5 nitrogen and oxygen atoms in total. The highest BCUT2D eigenvalue weighted by Gasteiger charge is 2.17. The van der Waals surface area contributed by atoms with Gasteiger partial charge < -0.3 is 9.13 Å². The summed E-state index contributed by atoms with van der Waals surface area (Å²) in [5.41, 5.74) is 9.24. The van der Waals surface area contributed by atoms with Crippen molar-refractivity contribution in [2.75, 3.05) is 0 Å². The second-order valence-electron chi connectivity index (χ2n) is 13.8. The summed E-state index contributed by atoms with van der Waals surface area (Å²) in [5.74, 6) is 0.672. The Morgan fingerprint density at radius 1 is 0.444 bits per heavy atom.